The topological polar surface area (TPSA) is 104 Å². The molecule has 112 valence electrons. The van der Waals surface area contributed by atoms with Crippen LogP contribution in [0.4, 0.5) is 17.3 Å². The van der Waals surface area contributed by atoms with E-state index in [9.17, 15) is 4.79 Å². The Balaban J connectivity index is 1.90. The molecule has 7 heteroatoms. The summed E-state index contributed by atoms with van der Waals surface area (Å²) in [6.07, 6.45) is 4.54. The quantitative estimate of drug-likeness (QED) is 0.770. The molecule has 0 aliphatic rings. The zero-order valence-corrected chi connectivity index (χ0v) is 12.2. The predicted molar refractivity (Wildman–Crippen MR) is 86.1 cm³/mol. The first-order chi connectivity index (χ1) is 11.2. The van der Waals surface area contributed by atoms with Crippen LogP contribution in [0, 0.1) is 11.3 Å². The second-order valence-electron chi connectivity index (χ2n) is 4.80. The number of nitriles is 1. The summed E-state index contributed by atoms with van der Waals surface area (Å²) < 4.78 is 0. The summed E-state index contributed by atoms with van der Waals surface area (Å²) in [5.74, 6) is 0.956. The first-order valence-corrected chi connectivity index (χ1v) is 6.81. The van der Waals surface area contributed by atoms with Gasteiger partial charge in [0.05, 0.1) is 18.1 Å². The minimum absolute atomic E-state index is 0.132. The number of fused-ring (bicyclic) bond motifs is 1. The van der Waals surface area contributed by atoms with E-state index in [1.54, 1.807) is 6.20 Å². The van der Waals surface area contributed by atoms with Crippen LogP contribution in [-0.4, -0.2) is 20.9 Å². The molecule has 0 saturated heterocycles. The highest BCUT2D eigenvalue weighted by molar-refractivity contribution is 6.01. The Morgan fingerprint density at radius 2 is 1.96 bits per heavy atom. The lowest BCUT2D eigenvalue weighted by molar-refractivity contribution is -0.114. The molecule has 0 aliphatic heterocycles. The van der Waals surface area contributed by atoms with Crippen molar-refractivity contribution in [3.63, 3.8) is 0 Å². The Hall–Kier alpha value is -3.53. The van der Waals surface area contributed by atoms with Gasteiger partial charge in [0.2, 0.25) is 5.91 Å². The second kappa shape index (κ2) is 6.07. The fourth-order valence-electron chi connectivity index (χ4n) is 2.12. The molecule has 0 unspecified atom stereocenters. The first kappa shape index (κ1) is 14.4. The molecule has 7 nitrogen and oxygen atoms in total. The molecule has 3 rings (SSSR count). The molecular formula is C16H12N6O. The van der Waals surface area contributed by atoms with Crippen molar-refractivity contribution in [2.24, 2.45) is 0 Å². The van der Waals surface area contributed by atoms with Gasteiger partial charge in [-0.15, -0.1) is 0 Å². The Kier molecular flexibility index (Phi) is 3.80. The summed E-state index contributed by atoms with van der Waals surface area (Å²) in [5, 5.41) is 16.3. The normalized spacial score (nSPS) is 10.1. The molecule has 0 fully saturated rings. The molecule has 0 radical (unpaired) electrons. The van der Waals surface area contributed by atoms with E-state index in [1.807, 2.05) is 30.3 Å². The van der Waals surface area contributed by atoms with Crippen molar-refractivity contribution in [1.82, 2.24) is 15.0 Å². The van der Waals surface area contributed by atoms with E-state index in [2.05, 4.69) is 25.6 Å². The number of rotatable bonds is 3. The molecule has 23 heavy (non-hydrogen) atoms. The van der Waals surface area contributed by atoms with Gasteiger partial charge in [0.15, 0.2) is 5.69 Å². The van der Waals surface area contributed by atoms with E-state index in [-0.39, 0.29) is 11.6 Å². The Morgan fingerprint density at radius 1 is 1.13 bits per heavy atom. The fraction of sp³-hybridized carbons (Fsp3) is 0.0625. The zero-order valence-electron chi connectivity index (χ0n) is 12.2. The van der Waals surface area contributed by atoms with Gasteiger partial charge in [-0.3, -0.25) is 4.79 Å². The number of hydrogen-bond donors (Lipinski definition) is 2. The Morgan fingerprint density at radius 3 is 2.65 bits per heavy atom. The highest BCUT2D eigenvalue weighted by atomic mass is 16.1. The lowest BCUT2D eigenvalue weighted by atomic mass is 10.1. The van der Waals surface area contributed by atoms with Crippen LogP contribution in [0.2, 0.25) is 0 Å². The van der Waals surface area contributed by atoms with Crippen LogP contribution in [0.25, 0.3) is 10.8 Å². The van der Waals surface area contributed by atoms with Crippen molar-refractivity contribution in [3.8, 4) is 6.07 Å². The fourth-order valence-corrected chi connectivity index (χ4v) is 2.12. The largest absolute Gasteiger partial charge is 0.326 e. The lowest BCUT2D eigenvalue weighted by Crippen LogP contribution is -2.06. The van der Waals surface area contributed by atoms with Gasteiger partial charge in [-0.2, -0.15) is 5.26 Å². The summed E-state index contributed by atoms with van der Waals surface area (Å²) in [6, 6.07) is 9.37. The van der Waals surface area contributed by atoms with E-state index >= 15 is 0 Å². The van der Waals surface area contributed by atoms with Crippen LogP contribution in [0.15, 0.2) is 42.9 Å². The van der Waals surface area contributed by atoms with Crippen LogP contribution < -0.4 is 10.6 Å². The Bertz CT molecular complexity index is 914. The van der Waals surface area contributed by atoms with Crippen molar-refractivity contribution < 1.29 is 4.79 Å². The molecule has 0 saturated carbocycles. The number of carbonyl (C=O) groups is 1. The van der Waals surface area contributed by atoms with E-state index < -0.39 is 0 Å². The third-order valence-electron chi connectivity index (χ3n) is 3.10. The number of pyridine rings is 1. The van der Waals surface area contributed by atoms with Crippen molar-refractivity contribution in [1.29, 1.82) is 5.26 Å². The first-order valence-electron chi connectivity index (χ1n) is 6.81. The molecule has 2 heterocycles. The summed E-state index contributed by atoms with van der Waals surface area (Å²) >= 11 is 0. The van der Waals surface area contributed by atoms with E-state index in [4.69, 9.17) is 5.26 Å². The monoisotopic (exact) mass is 304 g/mol. The molecule has 2 N–H and O–H groups in total. The summed E-state index contributed by atoms with van der Waals surface area (Å²) in [7, 11) is 0. The van der Waals surface area contributed by atoms with E-state index in [1.165, 1.54) is 19.3 Å². The SMILES string of the molecule is CC(=O)Nc1cccc2cc(Nc3cnc(C#N)cn3)ncc12. The zero-order chi connectivity index (χ0) is 16.2. The van der Waals surface area contributed by atoms with Crippen molar-refractivity contribution in [3.05, 3.63) is 48.5 Å². The molecule has 0 atom stereocenters. The second-order valence-corrected chi connectivity index (χ2v) is 4.80. The maximum atomic E-state index is 11.2. The number of anilines is 3. The summed E-state index contributed by atoms with van der Waals surface area (Å²) in [5.41, 5.74) is 0.967. The summed E-state index contributed by atoms with van der Waals surface area (Å²) in [4.78, 5) is 23.6. The van der Waals surface area contributed by atoms with Gasteiger partial charge in [-0.05, 0) is 17.5 Å². The number of nitrogens with one attached hydrogen (secondary N) is 2. The number of carbonyl (C=O) groups excluding carboxylic acids is 1. The van der Waals surface area contributed by atoms with Gasteiger partial charge < -0.3 is 10.6 Å². The van der Waals surface area contributed by atoms with Crippen molar-refractivity contribution in [2.45, 2.75) is 6.92 Å². The molecule has 0 spiro atoms. The average molecular weight is 304 g/mol. The van der Waals surface area contributed by atoms with E-state index in [0.717, 1.165) is 10.8 Å². The highest BCUT2D eigenvalue weighted by Gasteiger charge is 2.05. The number of aromatic nitrogens is 3. The minimum atomic E-state index is -0.132. The molecule has 0 bridgehead atoms. The standard InChI is InChI=1S/C16H12N6O/c1-10(23)21-14-4-2-3-11-5-15(20-8-13(11)14)22-16-9-18-12(6-17)7-19-16/h2-5,7-9H,1H3,(H,21,23)(H,19,20,22). The van der Waals surface area contributed by atoms with Gasteiger partial charge in [0.1, 0.15) is 17.7 Å². The number of nitrogens with zero attached hydrogens (tertiary/aromatic N) is 4. The van der Waals surface area contributed by atoms with Crippen LogP contribution in [-0.2, 0) is 4.79 Å². The van der Waals surface area contributed by atoms with Gasteiger partial charge in [0.25, 0.3) is 0 Å². The lowest BCUT2D eigenvalue weighted by Gasteiger charge is -2.09. The maximum Gasteiger partial charge on any atom is 0.221 e. The van der Waals surface area contributed by atoms with E-state index in [0.29, 0.717) is 17.3 Å². The van der Waals surface area contributed by atoms with Gasteiger partial charge in [-0.25, -0.2) is 15.0 Å². The van der Waals surface area contributed by atoms with Crippen LogP contribution >= 0.6 is 0 Å². The molecule has 2 aromatic heterocycles. The van der Waals surface area contributed by atoms with Gasteiger partial charge >= 0.3 is 0 Å². The smallest absolute Gasteiger partial charge is 0.221 e. The third kappa shape index (κ3) is 3.22. The van der Waals surface area contributed by atoms with Gasteiger partial charge in [-0.1, -0.05) is 12.1 Å². The predicted octanol–water partition coefficient (Wildman–Crippen LogP) is 2.60. The molecule has 3 aromatic rings. The van der Waals surface area contributed by atoms with Crippen LogP contribution in [0.3, 0.4) is 0 Å². The number of amides is 1. The molecule has 0 aliphatic carbocycles. The maximum absolute atomic E-state index is 11.2. The molecular weight excluding hydrogens is 292 g/mol. The van der Waals surface area contributed by atoms with Gasteiger partial charge in [0, 0.05) is 18.5 Å². The average Bonchev–Trinajstić information content (AvgIpc) is 2.55. The molecule has 1 amide bonds. The number of hydrogen-bond acceptors (Lipinski definition) is 6. The summed E-state index contributed by atoms with van der Waals surface area (Å²) in [6.45, 7) is 1.46. The van der Waals surface area contributed by atoms with Crippen molar-refractivity contribution in [2.75, 3.05) is 10.6 Å². The number of benzene rings is 1. The minimum Gasteiger partial charge on any atom is -0.326 e. The molecule has 1 aromatic carbocycles. The van der Waals surface area contributed by atoms with Crippen LogP contribution in [0.5, 0.6) is 0 Å². The van der Waals surface area contributed by atoms with Crippen LogP contribution in [0.1, 0.15) is 12.6 Å². The third-order valence-corrected chi connectivity index (χ3v) is 3.10. The van der Waals surface area contributed by atoms with Crippen molar-refractivity contribution >= 4 is 34.0 Å². The Labute approximate surface area is 132 Å². The highest BCUT2D eigenvalue weighted by Crippen LogP contribution is 2.25.